The van der Waals surface area contributed by atoms with E-state index in [0.717, 1.165) is 55.8 Å². The van der Waals surface area contributed by atoms with Gasteiger partial charge in [-0.3, -0.25) is 4.79 Å². The summed E-state index contributed by atoms with van der Waals surface area (Å²) in [7, 11) is 0. The Morgan fingerprint density at radius 2 is 1.86 bits per heavy atom. The fraction of sp³-hybridized carbons (Fsp3) is 0.556. The molecule has 10 heteroatoms. The third-order valence-electron chi connectivity index (χ3n) is 7.12. The lowest BCUT2D eigenvalue weighted by atomic mass is 9.74. The van der Waals surface area contributed by atoms with Crippen molar-refractivity contribution in [3.63, 3.8) is 0 Å². The van der Waals surface area contributed by atoms with E-state index in [-0.39, 0.29) is 23.3 Å². The SMILES string of the molecule is CC(=O)c1nc(Sc2cccc(Cl)c2Cl)c(C)nc1N1CCC2(CCC[C@H]2NC(=O)OC(C)(C)C)CC1. The van der Waals surface area contributed by atoms with Crippen molar-refractivity contribution in [1.82, 2.24) is 15.3 Å². The van der Waals surface area contributed by atoms with E-state index in [4.69, 9.17) is 37.9 Å². The van der Waals surface area contributed by atoms with Gasteiger partial charge in [0.25, 0.3) is 0 Å². The molecule has 1 atom stereocenters. The van der Waals surface area contributed by atoms with Gasteiger partial charge in [-0.15, -0.1) is 0 Å². The van der Waals surface area contributed by atoms with Gasteiger partial charge < -0.3 is 15.0 Å². The fourth-order valence-electron chi connectivity index (χ4n) is 5.29. The number of aryl methyl sites for hydroxylation is 1. The Labute approximate surface area is 233 Å². The second kappa shape index (κ2) is 11.0. The molecular weight excluding hydrogens is 531 g/mol. The summed E-state index contributed by atoms with van der Waals surface area (Å²) in [5.41, 5.74) is 0.593. The van der Waals surface area contributed by atoms with Crippen molar-refractivity contribution >= 4 is 52.7 Å². The number of hydrogen-bond acceptors (Lipinski definition) is 7. The van der Waals surface area contributed by atoms with E-state index in [0.29, 0.717) is 26.6 Å². The number of benzene rings is 1. The minimum absolute atomic E-state index is 0.0331. The van der Waals surface area contributed by atoms with Gasteiger partial charge >= 0.3 is 6.09 Å². The molecule has 1 aromatic carbocycles. The molecule has 1 aliphatic carbocycles. The van der Waals surface area contributed by atoms with E-state index in [1.165, 1.54) is 18.7 Å². The zero-order valence-electron chi connectivity index (χ0n) is 22.0. The van der Waals surface area contributed by atoms with Crippen LogP contribution in [0.5, 0.6) is 0 Å². The van der Waals surface area contributed by atoms with Gasteiger partial charge in [0, 0.05) is 31.0 Å². The van der Waals surface area contributed by atoms with E-state index < -0.39 is 5.60 Å². The van der Waals surface area contributed by atoms with Gasteiger partial charge in [-0.1, -0.05) is 47.5 Å². The average Bonchev–Trinajstić information content (AvgIpc) is 3.18. The standard InChI is InChI=1S/C27H34Cl2N4O3S/c1-16-24(37-19-9-6-8-18(28)21(19)29)32-22(17(2)34)23(30-16)33-14-12-27(13-15-33)11-7-10-20(27)31-25(35)36-26(3,4)5/h6,8-9,20H,7,10-15H2,1-5H3,(H,31,35)/t20-/m1/s1. The van der Waals surface area contributed by atoms with Crippen LogP contribution in [0, 0.1) is 12.3 Å². The largest absolute Gasteiger partial charge is 0.444 e. The molecular formula is C27H34Cl2N4O3S. The van der Waals surface area contributed by atoms with Crippen LogP contribution in [0.3, 0.4) is 0 Å². The second-order valence-corrected chi connectivity index (χ2v) is 12.8. The quantitative estimate of drug-likeness (QED) is 0.387. The van der Waals surface area contributed by atoms with Crippen molar-refractivity contribution < 1.29 is 14.3 Å². The van der Waals surface area contributed by atoms with Crippen molar-refractivity contribution in [3.8, 4) is 0 Å². The molecule has 7 nitrogen and oxygen atoms in total. The Balaban J connectivity index is 1.51. The number of ketones is 1. The van der Waals surface area contributed by atoms with Crippen LogP contribution >= 0.6 is 35.0 Å². The van der Waals surface area contributed by atoms with Gasteiger partial charge in [0.2, 0.25) is 0 Å². The smallest absolute Gasteiger partial charge is 0.407 e. The summed E-state index contributed by atoms with van der Waals surface area (Å²) in [6.45, 7) is 10.5. The summed E-state index contributed by atoms with van der Waals surface area (Å²) in [5.74, 6) is 0.489. The number of rotatable bonds is 5. The molecule has 0 bridgehead atoms. The van der Waals surface area contributed by atoms with E-state index in [9.17, 15) is 9.59 Å². The molecule has 1 N–H and O–H groups in total. The number of nitrogens with zero attached hydrogens (tertiary/aromatic N) is 3. The van der Waals surface area contributed by atoms with Crippen molar-refractivity contribution in [3.05, 3.63) is 39.6 Å². The molecule has 1 aliphatic heterocycles. The Morgan fingerprint density at radius 1 is 1.16 bits per heavy atom. The topological polar surface area (TPSA) is 84.4 Å². The summed E-state index contributed by atoms with van der Waals surface area (Å²) in [5, 5.41) is 4.69. The van der Waals surface area contributed by atoms with E-state index in [1.54, 1.807) is 6.07 Å². The summed E-state index contributed by atoms with van der Waals surface area (Å²) in [6, 6.07) is 5.52. The van der Waals surface area contributed by atoms with Gasteiger partial charge in [-0.2, -0.15) is 0 Å². The number of Topliss-reactive ketones (excluding diaryl/α,β-unsaturated/α-hetero) is 1. The number of nitrogens with one attached hydrogen (secondary N) is 1. The maximum Gasteiger partial charge on any atom is 0.407 e. The molecule has 4 rings (SSSR count). The Morgan fingerprint density at radius 3 is 2.51 bits per heavy atom. The highest BCUT2D eigenvalue weighted by molar-refractivity contribution is 7.99. The molecule has 2 aliphatic rings. The van der Waals surface area contributed by atoms with Crippen LogP contribution in [0.25, 0.3) is 0 Å². The van der Waals surface area contributed by atoms with Gasteiger partial charge in [0.15, 0.2) is 11.6 Å². The van der Waals surface area contributed by atoms with E-state index in [1.807, 2.05) is 39.8 Å². The number of hydrogen-bond donors (Lipinski definition) is 1. The number of aromatic nitrogens is 2. The monoisotopic (exact) mass is 564 g/mol. The lowest BCUT2D eigenvalue weighted by Gasteiger charge is -2.44. The van der Waals surface area contributed by atoms with Gasteiger partial charge in [0.1, 0.15) is 16.3 Å². The summed E-state index contributed by atoms with van der Waals surface area (Å²) >= 11 is 13.9. The Hall–Kier alpha value is -2.03. The number of carbonyl (C=O) groups is 2. The summed E-state index contributed by atoms with van der Waals surface area (Å²) < 4.78 is 5.51. The number of alkyl carbamates (subject to hydrolysis) is 1. The third kappa shape index (κ3) is 6.35. The predicted molar refractivity (Wildman–Crippen MR) is 148 cm³/mol. The number of amides is 1. The molecule has 200 valence electrons. The lowest BCUT2D eigenvalue weighted by molar-refractivity contribution is 0.0442. The van der Waals surface area contributed by atoms with Crippen molar-refractivity contribution in [2.24, 2.45) is 5.41 Å². The van der Waals surface area contributed by atoms with Crippen molar-refractivity contribution in [2.75, 3.05) is 18.0 Å². The van der Waals surface area contributed by atoms with Crippen LogP contribution in [0.15, 0.2) is 28.1 Å². The normalized spacial score (nSPS) is 19.2. The zero-order chi connectivity index (χ0) is 27.0. The average molecular weight is 566 g/mol. The number of halogens is 2. The van der Waals surface area contributed by atoms with Gasteiger partial charge in [0.05, 0.1) is 15.7 Å². The Bertz CT molecular complexity index is 1190. The minimum atomic E-state index is -0.526. The molecule has 1 spiro atoms. The Kier molecular flexibility index (Phi) is 8.31. The van der Waals surface area contributed by atoms with Crippen LogP contribution in [-0.2, 0) is 4.74 Å². The molecule has 0 unspecified atom stereocenters. The molecule has 1 aromatic heterocycles. The first-order valence-electron chi connectivity index (χ1n) is 12.6. The molecule has 1 saturated heterocycles. The first-order chi connectivity index (χ1) is 17.4. The first-order valence-corrected chi connectivity index (χ1v) is 14.2. The molecule has 2 heterocycles. The van der Waals surface area contributed by atoms with E-state index >= 15 is 0 Å². The minimum Gasteiger partial charge on any atom is -0.444 e. The van der Waals surface area contributed by atoms with E-state index in [2.05, 4.69) is 10.2 Å². The van der Waals surface area contributed by atoms with Crippen molar-refractivity contribution in [2.45, 2.75) is 88.3 Å². The van der Waals surface area contributed by atoms with Crippen LogP contribution in [0.2, 0.25) is 10.0 Å². The molecule has 37 heavy (non-hydrogen) atoms. The van der Waals surface area contributed by atoms with Crippen LogP contribution in [0.1, 0.15) is 76.0 Å². The number of carbonyl (C=O) groups excluding carboxylic acids is 2. The highest BCUT2D eigenvalue weighted by Gasteiger charge is 2.46. The maximum absolute atomic E-state index is 12.6. The van der Waals surface area contributed by atoms with Crippen LogP contribution in [-0.4, -0.2) is 46.6 Å². The van der Waals surface area contributed by atoms with Crippen molar-refractivity contribution in [1.29, 1.82) is 0 Å². The highest BCUT2D eigenvalue weighted by Crippen LogP contribution is 2.47. The third-order valence-corrected chi connectivity index (χ3v) is 9.19. The second-order valence-electron chi connectivity index (χ2n) is 10.9. The number of anilines is 1. The lowest BCUT2D eigenvalue weighted by Crippen LogP contribution is -2.51. The number of ether oxygens (including phenoxy) is 1. The molecule has 1 saturated carbocycles. The van der Waals surface area contributed by atoms with Crippen LogP contribution in [0.4, 0.5) is 10.6 Å². The number of piperidine rings is 1. The van der Waals surface area contributed by atoms with Crippen LogP contribution < -0.4 is 10.2 Å². The molecule has 2 fully saturated rings. The fourth-order valence-corrected chi connectivity index (χ4v) is 6.65. The van der Waals surface area contributed by atoms with Gasteiger partial charge in [-0.05, 0) is 70.9 Å². The van der Waals surface area contributed by atoms with Gasteiger partial charge in [-0.25, -0.2) is 14.8 Å². The maximum atomic E-state index is 12.6. The first kappa shape index (κ1) is 28.0. The highest BCUT2D eigenvalue weighted by atomic mass is 35.5. The predicted octanol–water partition coefficient (Wildman–Crippen LogP) is 7.11. The molecule has 2 aromatic rings. The molecule has 0 radical (unpaired) electrons. The zero-order valence-corrected chi connectivity index (χ0v) is 24.3. The summed E-state index contributed by atoms with van der Waals surface area (Å²) in [6.07, 6.45) is 4.56. The molecule has 1 amide bonds. The summed E-state index contributed by atoms with van der Waals surface area (Å²) in [4.78, 5) is 37.6.